The van der Waals surface area contributed by atoms with Crippen LogP contribution in [0.4, 0.5) is 5.69 Å². The van der Waals surface area contributed by atoms with Crippen LogP contribution in [-0.4, -0.2) is 29.4 Å². The van der Waals surface area contributed by atoms with Crippen LogP contribution in [0.1, 0.15) is 18.9 Å². The fourth-order valence-electron chi connectivity index (χ4n) is 1.69. The maximum Gasteiger partial charge on any atom is 0.232 e. The van der Waals surface area contributed by atoms with Crippen LogP contribution in [0, 0.1) is 0 Å². The Morgan fingerprint density at radius 2 is 2.24 bits per heavy atom. The first-order chi connectivity index (χ1) is 8.17. The Bertz CT molecular complexity index is 368. The summed E-state index contributed by atoms with van der Waals surface area (Å²) in [4.78, 5) is 13.8. The molecule has 0 aliphatic carbocycles. The summed E-state index contributed by atoms with van der Waals surface area (Å²) in [6.45, 7) is 3.53. The zero-order valence-corrected chi connectivity index (χ0v) is 11.3. The number of amides is 1. The fourth-order valence-corrected chi connectivity index (χ4v) is 2.12. The Kier molecular flexibility index (Phi) is 5.91. The van der Waals surface area contributed by atoms with Crippen LogP contribution < -0.4 is 5.73 Å². The van der Waals surface area contributed by atoms with Crippen molar-refractivity contribution >= 4 is 23.4 Å². The van der Waals surface area contributed by atoms with Gasteiger partial charge in [0.2, 0.25) is 5.91 Å². The van der Waals surface area contributed by atoms with Crippen molar-refractivity contribution in [2.45, 2.75) is 19.9 Å². The van der Waals surface area contributed by atoms with Gasteiger partial charge in [-0.25, -0.2) is 0 Å². The first-order valence-electron chi connectivity index (χ1n) is 5.78. The van der Waals surface area contributed by atoms with Gasteiger partial charge in [-0.3, -0.25) is 4.79 Å². The number of thioether (sulfide) groups is 1. The third-order valence-corrected chi connectivity index (χ3v) is 2.97. The monoisotopic (exact) mass is 252 g/mol. The number of anilines is 1. The van der Waals surface area contributed by atoms with Gasteiger partial charge in [-0.1, -0.05) is 19.1 Å². The SMILES string of the molecule is CCCN(Cc1cccc(N)c1)C(=O)CSC. The molecule has 0 spiro atoms. The van der Waals surface area contributed by atoms with E-state index >= 15 is 0 Å². The summed E-state index contributed by atoms with van der Waals surface area (Å²) in [5.41, 5.74) is 7.57. The molecule has 0 radical (unpaired) electrons. The second-order valence-corrected chi connectivity index (χ2v) is 4.86. The van der Waals surface area contributed by atoms with Gasteiger partial charge in [0, 0.05) is 18.8 Å². The molecule has 1 rings (SSSR count). The Balaban J connectivity index is 2.69. The number of rotatable bonds is 6. The first-order valence-corrected chi connectivity index (χ1v) is 7.18. The topological polar surface area (TPSA) is 46.3 Å². The predicted octanol–water partition coefficient (Wildman–Crippen LogP) is 2.37. The number of carbonyl (C=O) groups is 1. The fraction of sp³-hybridized carbons (Fsp3) is 0.462. The molecule has 0 aliphatic rings. The molecule has 0 saturated carbocycles. The van der Waals surface area contributed by atoms with Gasteiger partial charge in [-0.2, -0.15) is 11.8 Å². The van der Waals surface area contributed by atoms with Crippen molar-refractivity contribution in [1.82, 2.24) is 4.90 Å². The van der Waals surface area contributed by atoms with Crippen LogP contribution in [-0.2, 0) is 11.3 Å². The molecule has 0 aliphatic heterocycles. The summed E-state index contributed by atoms with van der Waals surface area (Å²) >= 11 is 1.56. The Morgan fingerprint density at radius 3 is 2.82 bits per heavy atom. The van der Waals surface area contributed by atoms with Gasteiger partial charge >= 0.3 is 0 Å². The lowest BCUT2D eigenvalue weighted by molar-refractivity contribution is -0.129. The lowest BCUT2D eigenvalue weighted by Gasteiger charge is -2.22. The van der Waals surface area contributed by atoms with E-state index in [-0.39, 0.29) is 5.91 Å². The average Bonchev–Trinajstić information content (AvgIpc) is 2.29. The van der Waals surface area contributed by atoms with Crippen molar-refractivity contribution < 1.29 is 4.79 Å². The van der Waals surface area contributed by atoms with E-state index in [4.69, 9.17) is 5.73 Å². The third kappa shape index (κ3) is 4.69. The molecule has 94 valence electrons. The van der Waals surface area contributed by atoms with Crippen LogP contribution in [0.3, 0.4) is 0 Å². The molecule has 0 saturated heterocycles. The molecule has 3 nitrogen and oxygen atoms in total. The van der Waals surface area contributed by atoms with Crippen molar-refractivity contribution in [2.75, 3.05) is 24.3 Å². The normalized spacial score (nSPS) is 10.2. The average molecular weight is 252 g/mol. The molecule has 2 N–H and O–H groups in total. The second kappa shape index (κ2) is 7.22. The molecule has 0 unspecified atom stereocenters. The lowest BCUT2D eigenvalue weighted by Crippen LogP contribution is -2.32. The van der Waals surface area contributed by atoms with Crippen molar-refractivity contribution in [3.05, 3.63) is 29.8 Å². The van der Waals surface area contributed by atoms with Crippen LogP contribution in [0.25, 0.3) is 0 Å². The highest BCUT2D eigenvalue weighted by molar-refractivity contribution is 7.99. The Hall–Kier alpha value is -1.16. The number of hydrogen-bond donors (Lipinski definition) is 1. The van der Waals surface area contributed by atoms with Crippen molar-refractivity contribution in [3.8, 4) is 0 Å². The number of benzene rings is 1. The highest BCUT2D eigenvalue weighted by Crippen LogP contribution is 2.11. The molecule has 1 aromatic rings. The van der Waals surface area contributed by atoms with Gasteiger partial charge in [-0.15, -0.1) is 0 Å². The van der Waals surface area contributed by atoms with E-state index in [2.05, 4.69) is 6.92 Å². The number of carbonyl (C=O) groups excluding carboxylic acids is 1. The molecular formula is C13H20N2OS. The summed E-state index contributed by atoms with van der Waals surface area (Å²) in [6, 6.07) is 7.71. The standard InChI is InChI=1S/C13H20N2OS/c1-3-7-15(13(16)10-17-2)9-11-5-4-6-12(14)8-11/h4-6,8H,3,7,9-10,14H2,1-2H3. The van der Waals surface area contributed by atoms with E-state index in [1.54, 1.807) is 11.8 Å². The number of nitrogens with two attached hydrogens (primary N) is 1. The molecular weight excluding hydrogens is 232 g/mol. The second-order valence-electron chi connectivity index (χ2n) is 3.99. The zero-order valence-electron chi connectivity index (χ0n) is 10.5. The highest BCUT2D eigenvalue weighted by Gasteiger charge is 2.12. The van der Waals surface area contributed by atoms with Gasteiger partial charge in [0.1, 0.15) is 0 Å². The minimum Gasteiger partial charge on any atom is -0.399 e. The summed E-state index contributed by atoms with van der Waals surface area (Å²) in [5.74, 6) is 0.740. The predicted molar refractivity (Wildman–Crippen MR) is 74.9 cm³/mol. The molecule has 0 fully saturated rings. The maximum atomic E-state index is 11.9. The van der Waals surface area contributed by atoms with E-state index in [9.17, 15) is 4.79 Å². The molecule has 0 aromatic heterocycles. The minimum absolute atomic E-state index is 0.196. The van der Waals surface area contributed by atoms with Crippen LogP contribution in [0.2, 0.25) is 0 Å². The van der Waals surface area contributed by atoms with Crippen LogP contribution in [0.5, 0.6) is 0 Å². The Morgan fingerprint density at radius 1 is 1.47 bits per heavy atom. The summed E-state index contributed by atoms with van der Waals surface area (Å²) in [5, 5.41) is 0. The summed E-state index contributed by atoms with van der Waals surface area (Å²) in [6.07, 6.45) is 2.92. The van der Waals surface area contributed by atoms with Gasteiger partial charge < -0.3 is 10.6 Å². The highest BCUT2D eigenvalue weighted by atomic mass is 32.2. The molecule has 0 atom stereocenters. The van der Waals surface area contributed by atoms with Gasteiger partial charge in [0.25, 0.3) is 0 Å². The van der Waals surface area contributed by atoms with Crippen molar-refractivity contribution in [1.29, 1.82) is 0 Å². The maximum absolute atomic E-state index is 11.9. The molecule has 1 aromatic carbocycles. The van der Waals surface area contributed by atoms with Crippen molar-refractivity contribution in [3.63, 3.8) is 0 Å². The van der Waals surface area contributed by atoms with E-state index in [1.807, 2.05) is 35.4 Å². The van der Waals surface area contributed by atoms with E-state index in [0.717, 1.165) is 24.2 Å². The van der Waals surface area contributed by atoms with Crippen LogP contribution >= 0.6 is 11.8 Å². The molecule has 17 heavy (non-hydrogen) atoms. The smallest absolute Gasteiger partial charge is 0.232 e. The summed E-state index contributed by atoms with van der Waals surface area (Å²) in [7, 11) is 0. The van der Waals surface area contributed by atoms with E-state index < -0.39 is 0 Å². The number of nitrogens with zero attached hydrogens (tertiary/aromatic N) is 1. The lowest BCUT2D eigenvalue weighted by atomic mass is 10.2. The number of hydrogen-bond acceptors (Lipinski definition) is 3. The number of nitrogen functional groups attached to an aromatic ring is 1. The van der Waals surface area contributed by atoms with Crippen LogP contribution in [0.15, 0.2) is 24.3 Å². The largest absolute Gasteiger partial charge is 0.399 e. The quantitative estimate of drug-likeness (QED) is 0.791. The van der Waals surface area contributed by atoms with Gasteiger partial charge in [-0.05, 0) is 30.4 Å². The third-order valence-electron chi connectivity index (χ3n) is 2.44. The molecule has 0 heterocycles. The van der Waals surface area contributed by atoms with E-state index in [1.165, 1.54) is 0 Å². The first kappa shape index (κ1) is 13.9. The molecule has 1 amide bonds. The molecule has 0 bridgehead atoms. The van der Waals surface area contributed by atoms with Gasteiger partial charge in [0.05, 0.1) is 5.75 Å². The zero-order chi connectivity index (χ0) is 12.7. The van der Waals surface area contributed by atoms with Gasteiger partial charge in [0.15, 0.2) is 0 Å². The molecule has 4 heteroatoms. The Labute approximate surface area is 107 Å². The van der Waals surface area contributed by atoms with Crippen molar-refractivity contribution in [2.24, 2.45) is 0 Å². The van der Waals surface area contributed by atoms with E-state index in [0.29, 0.717) is 12.3 Å². The summed E-state index contributed by atoms with van der Waals surface area (Å²) < 4.78 is 0. The minimum atomic E-state index is 0.196.